The number of oxime groups is 1. The summed E-state index contributed by atoms with van der Waals surface area (Å²) in [6.45, 7) is 9.13. The van der Waals surface area contributed by atoms with E-state index in [1.165, 1.54) is 96.7 Å². The van der Waals surface area contributed by atoms with Crippen LogP contribution in [0.5, 0.6) is 5.75 Å². The van der Waals surface area contributed by atoms with Crippen molar-refractivity contribution in [3.05, 3.63) is 176 Å². The summed E-state index contributed by atoms with van der Waals surface area (Å²) >= 11 is 8.72. The smallest absolute Gasteiger partial charge is 0.478 e. The molecule has 12 atom stereocenters. The summed E-state index contributed by atoms with van der Waals surface area (Å²) in [6, 6.07) is 20.0. The lowest BCUT2D eigenvalue weighted by atomic mass is 9.64. The van der Waals surface area contributed by atoms with E-state index in [0.29, 0.717) is 108 Å². The normalized spacial score (nSPS) is 21.3. The highest BCUT2D eigenvalue weighted by Gasteiger charge is 2.42. The lowest BCUT2D eigenvalue weighted by molar-refractivity contribution is -0.145. The van der Waals surface area contributed by atoms with Crippen LogP contribution < -0.4 is 37.7 Å². The van der Waals surface area contributed by atoms with E-state index in [2.05, 4.69) is 36.7 Å². The molecule has 6 aliphatic heterocycles. The third-order valence-corrected chi connectivity index (χ3v) is 26.8. The second-order valence-electron chi connectivity index (χ2n) is 33.8. The molecule has 0 radical (unpaired) electrons. The summed E-state index contributed by atoms with van der Waals surface area (Å²) < 4.78 is 38.0. The van der Waals surface area contributed by atoms with Crippen LogP contribution in [-0.2, 0) is 134 Å². The van der Waals surface area contributed by atoms with E-state index in [4.69, 9.17) is 43.2 Å². The molecule has 50 heteroatoms. The molecule has 0 saturated carbocycles. The zero-order valence-corrected chi connectivity index (χ0v) is 82.9. The molecule has 38 nitrogen and oxygen atoms in total. The predicted molar refractivity (Wildman–Crippen MR) is 529 cm³/mol. The van der Waals surface area contributed by atoms with Crippen molar-refractivity contribution in [1.82, 2.24) is 36.3 Å². The van der Waals surface area contributed by atoms with Crippen LogP contribution in [0.4, 0.5) is 5.13 Å². The molecule has 0 bridgehead atoms. The number of anilines is 1. The summed E-state index contributed by atoms with van der Waals surface area (Å²) in [5.41, 5.74) is 4.96. The molecule has 139 heavy (non-hydrogen) atoms. The van der Waals surface area contributed by atoms with Gasteiger partial charge in [0, 0.05) is 98.5 Å². The second kappa shape index (κ2) is 60.5. The molecule has 0 spiro atoms. The van der Waals surface area contributed by atoms with Gasteiger partial charge in [-0.15, -0.1) is 68.0 Å². The molecular formula is C89H119B6N9O29S6. The van der Waals surface area contributed by atoms with E-state index in [-0.39, 0.29) is 150 Å². The molecule has 0 unspecified atom stereocenters. The predicted octanol–water partition coefficient (Wildman–Crippen LogP) is 6.57. The lowest BCUT2D eigenvalue weighted by Crippen LogP contribution is -2.53. The van der Waals surface area contributed by atoms with E-state index in [0.717, 1.165) is 73.7 Å². The zero-order chi connectivity index (χ0) is 101. The molecule has 5 amide bonds. The van der Waals surface area contributed by atoms with Gasteiger partial charge in [0.2, 0.25) is 35.0 Å². The van der Waals surface area contributed by atoms with E-state index in [9.17, 15) is 103 Å². The number of thiazole rings is 1. The minimum absolute atomic E-state index is 0.00275. The number of carbonyl (C=O) groups excluding carboxylic acids is 12. The first-order valence-corrected chi connectivity index (χ1v) is 50.8. The number of ketones is 6. The molecular weight excluding hydrogens is 1920 g/mol. The number of nitrogens with one attached hydrogen (secondary N) is 5. The molecule has 7 aromatic heterocycles. The maximum atomic E-state index is 13.0. The van der Waals surface area contributed by atoms with Gasteiger partial charge in [-0.25, -0.2) is 4.98 Å². The van der Waals surface area contributed by atoms with Crippen LogP contribution in [0.25, 0.3) is 0 Å². The van der Waals surface area contributed by atoms with Crippen LogP contribution in [0.3, 0.4) is 0 Å². The van der Waals surface area contributed by atoms with Crippen LogP contribution >= 0.6 is 68.0 Å². The number of ether oxygens (including phenoxy) is 1. The van der Waals surface area contributed by atoms with E-state index < -0.39 is 107 Å². The Kier molecular flexibility index (Phi) is 49.8. The highest BCUT2D eigenvalue weighted by molar-refractivity contribution is 7.14. The largest absolute Gasteiger partial charge is 0.503 e. The van der Waals surface area contributed by atoms with Crippen molar-refractivity contribution in [1.29, 1.82) is 0 Å². The fourth-order valence-corrected chi connectivity index (χ4v) is 19.2. The lowest BCUT2D eigenvalue weighted by Gasteiger charge is -2.31. The van der Waals surface area contributed by atoms with Gasteiger partial charge in [0.1, 0.15) is 40.3 Å². The van der Waals surface area contributed by atoms with Gasteiger partial charge >= 0.3 is 48.7 Å². The Morgan fingerprint density at radius 2 is 0.827 bits per heavy atom. The molecule has 0 aromatic carbocycles. The van der Waals surface area contributed by atoms with Crippen molar-refractivity contribution in [2.75, 3.05) is 12.3 Å². The van der Waals surface area contributed by atoms with E-state index in [1.807, 2.05) is 99.7 Å². The molecule has 13 heterocycles. The number of hydrogen-bond donors (Lipinski definition) is 14. The molecule has 13 rings (SSSR count). The quantitative estimate of drug-likeness (QED) is 0.00498. The molecule has 7 aromatic rings. The minimum atomic E-state index is -1.21. The first-order chi connectivity index (χ1) is 66.4. The monoisotopic (exact) mass is 2040 g/mol. The number of thiophene rings is 5. The van der Waals surface area contributed by atoms with Gasteiger partial charge in [-0.3, -0.25) is 62.3 Å². The molecule has 4 fully saturated rings. The standard InChI is InChI=1S/C19H23BN4O8S.C14H20BNO5S.2C14H20BNO4S.2C14H18BNO4S/c1-10(25)4-13-3-2-11(20(29)32-13)5-16(27)18(14-9-33-19(21)22-14)23-31-8-12-6-15(26)17(28)7-24(12)30;1-2-20-14(18)8-10-5-6-12(15(19)21-10)16-13(17)9-11-4-3-7-22-11;4*1-10(17)8-11-4-2-6-13(15(19)20-11)16-14(18)9-12-5-3-7-21-12/h6-7,9,11,13,28-30H,2-5,8H2,1H3,(H2,21,22);3-4,7,10,12,19H,2,5-6,8-9H2,1H3,(H,16,17);2*3,5,7,11,13,19H,2,4,6,8-9H2,1H3,(H,16,18);2*2-5,7,11,13,19H,6,8-9H2,1H3,(H,16,18)/b23-18-;;;;;/t11-,13+;10-,12-;11-,13+;11-,13-;11-,13+;11-,13-/m101010/s1. The highest BCUT2D eigenvalue weighted by atomic mass is 32.1. The molecule has 0 aliphatic carbocycles. The average Bonchev–Trinajstić information content (AvgIpc) is 1.82. The minimum Gasteiger partial charge on any atom is -0.503 e. The summed E-state index contributed by atoms with van der Waals surface area (Å²) in [4.78, 5) is 166. The van der Waals surface area contributed by atoms with Gasteiger partial charge in [0.25, 0.3) is 0 Å². The van der Waals surface area contributed by atoms with Crippen LogP contribution in [0.15, 0.2) is 139 Å². The maximum Gasteiger partial charge on any atom is 0.478 e. The van der Waals surface area contributed by atoms with Crippen molar-refractivity contribution in [2.45, 2.75) is 274 Å². The number of nitrogen functional groups attached to an aromatic ring is 1. The van der Waals surface area contributed by atoms with Crippen molar-refractivity contribution >= 4 is 192 Å². The molecule has 6 aliphatic rings. The Bertz CT molecular complexity index is 5020. The summed E-state index contributed by atoms with van der Waals surface area (Å²) in [5, 5.41) is 109. The topological polar surface area (TPSA) is 574 Å². The van der Waals surface area contributed by atoms with Crippen LogP contribution in [0, 0.1) is 0 Å². The number of amides is 5. The summed E-state index contributed by atoms with van der Waals surface area (Å²) in [5.74, 6) is -4.84. The van der Waals surface area contributed by atoms with Crippen LogP contribution in [-0.4, -0.2) is 242 Å². The Hall–Kier alpha value is -9.82. The number of nitrogens with zero attached hydrogens (tertiary/aromatic N) is 3. The Labute approximate surface area is 831 Å². The van der Waals surface area contributed by atoms with Gasteiger partial charge in [-0.1, -0.05) is 59.8 Å². The Morgan fingerprint density at radius 1 is 0.468 bits per heavy atom. The zero-order valence-electron chi connectivity index (χ0n) is 78.0. The highest BCUT2D eigenvalue weighted by Crippen LogP contribution is 2.33. The Morgan fingerprint density at radius 3 is 1.18 bits per heavy atom. The number of nitrogens with two attached hydrogens (primary N) is 1. The summed E-state index contributed by atoms with van der Waals surface area (Å²) in [7, 11) is -6.64. The van der Waals surface area contributed by atoms with Gasteiger partial charge in [-0.2, -0.15) is 4.73 Å². The third-order valence-electron chi connectivity index (χ3n) is 21.8. The fraction of sp³-hybridized carbons (Fsp3) is 0.494. The van der Waals surface area contributed by atoms with Crippen molar-refractivity contribution in [3.63, 3.8) is 0 Å². The number of esters is 1. The first-order valence-electron chi connectivity index (χ1n) is 45.5. The van der Waals surface area contributed by atoms with Gasteiger partial charge in [-0.05, 0) is 176 Å². The first kappa shape index (κ1) is 114. The van der Waals surface area contributed by atoms with Crippen LogP contribution in [0.2, 0.25) is 5.82 Å². The number of hydrogen-bond acceptors (Lipinski definition) is 38. The molecule has 15 N–H and O–H groups in total. The SMILES string of the molecule is CC(=O)C[C@@H]1C=CC[C@H](NC(=O)Cc2cccs2)B(O)O1.CC(=O)C[C@@H]1CCC[C@H](NC(=O)Cc2cccs2)B(O)O1.CC(=O)C[C@@H]1CC[C@H](CC(=O)/C(=N\OCc2cc(=O)c(O)cn2O)c2csc(N)n2)B(O)O1.CC(=O)C[C@H]1C=CC[C@H](NC(=O)Cc2cccs2)B(O)O1.CC(=O)C[C@H]1CCC[C@H](NC(=O)Cc2cccs2)B(O)O1.CCOC(=O)C[C@@H]1CC[C@H](NC(=O)Cc2cccs2)B(O)O1. The van der Waals surface area contributed by atoms with Crippen molar-refractivity contribution in [2.24, 2.45) is 5.16 Å². The van der Waals surface area contributed by atoms with Gasteiger partial charge < -0.3 is 110 Å². The molecule has 748 valence electrons. The number of aromatic hydroxyl groups is 1. The second-order valence-corrected chi connectivity index (χ2v) is 39.8. The van der Waals surface area contributed by atoms with Crippen LogP contribution in [0.1, 0.15) is 199 Å². The molecule has 4 saturated heterocycles. The third kappa shape index (κ3) is 43.3. The van der Waals surface area contributed by atoms with Crippen molar-refractivity contribution < 1.29 is 135 Å². The van der Waals surface area contributed by atoms with Gasteiger partial charge in [0.05, 0.1) is 99.3 Å². The van der Waals surface area contributed by atoms with E-state index in [1.54, 1.807) is 19.1 Å². The number of rotatable bonds is 35. The maximum absolute atomic E-state index is 13.0. The Balaban J connectivity index is 0.000000206. The average molecular weight is 2040 g/mol. The number of aromatic nitrogens is 2. The van der Waals surface area contributed by atoms with Gasteiger partial charge in [0.15, 0.2) is 29.0 Å². The fourth-order valence-electron chi connectivity index (χ4n) is 15.2. The summed E-state index contributed by atoms with van der Waals surface area (Å²) in [6.07, 6.45) is 16.2. The van der Waals surface area contributed by atoms with E-state index >= 15 is 0 Å². The van der Waals surface area contributed by atoms with Crippen molar-refractivity contribution in [3.8, 4) is 5.75 Å². The number of pyridine rings is 1. The number of Topliss-reactive ketones (excluding diaryl/α,β-unsaturated/α-hetero) is 6. The number of carbonyl (C=O) groups is 12.